The number of hydrogen-bond donors (Lipinski definition) is 2. The van der Waals surface area contributed by atoms with Gasteiger partial charge in [0.2, 0.25) is 5.91 Å². The second-order valence-corrected chi connectivity index (χ2v) is 4.45. The van der Waals surface area contributed by atoms with Gasteiger partial charge in [-0.15, -0.1) is 0 Å². The molecule has 0 fully saturated rings. The summed E-state index contributed by atoms with van der Waals surface area (Å²) in [5.74, 6) is -1.55. The maximum Gasteiger partial charge on any atom is 0.306 e. The molecule has 0 radical (unpaired) electrons. The van der Waals surface area contributed by atoms with Crippen molar-refractivity contribution in [2.24, 2.45) is 5.92 Å². The molecule has 0 saturated heterocycles. The van der Waals surface area contributed by atoms with Crippen LogP contribution in [0, 0.1) is 5.92 Å². The van der Waals surface area contributed by atoms with Gasteiger partial charge in [0.05, 0.1) is 11.8 Å². The van der Waals surface area contributed by atoms with Crippen molar-refractivity contribution < 1.29 is 14.7 Å². The number of benzene rings is 1. The average Bonchev–Trinajstić information content (AvgIpc) is 2.38. The van der Waals surface area contributed by atoms with Crippen molar-refractivity contribution >= 4 is 11.9 Å². The molecule has 0 spiro atoms. The van der Waals surface area contributed by atoms with Gasteiger partial charge in [-0.2, -0.15) is 0 Å². The topological polar surface area (TPSA) is 66.4 Å². The summed E-state index contributed by atoms with van der Waals surface area (Å²) in [6.45, 7) is 3.86. The Labute approximate surface area is 107 Å². The van der Waals surface area contributed by atoms with E-state index in [0.29, 0.717) is 13.0 Å². The van der Waals surface area contributed by atoms with E-state index in [0.717, 1.165) is 5.56 Å². The molecule has 1 rings (SSSR count). The van der Waals surface area contributed by atoms with Gasteiger partial charge in [-0.1, -0.05) is 37.3 Å². The van der Waals surface area contributed by atoms with Crippen LogP contribution in [-0.4, -0.2) is 23.5 Å². The maximum absolute atomic E-state index is 11.8. The Morgan fingerprint density at radius 1 is 1.22 bits per heavy atom. The predicted octanol–water partition coefficient (Wildman–Crippen LogP) is 2.02. The van der Waals surface area contributed by atoms with Crippen LogP contribution < -0.4 is 5.32 Å². The number of carbonyl (C=O) groups excluding carboxylic acids is 1. The monoisotopic (exact) mass is 249 g/mol. The van der Waals surface area contributed by atoms with E-state index in [-0.39, 0.29) is 11.8 Å². The van der Waals surface area contributed by atoms with Crippen LogP contribution in [0.4, 0.5) is 0 Å². The van der Waals surface area contributed by atoms with Crippen LogP contribution >= 0.6 is 0 Å². The lowest BCUT2D eigenvalue weighted by atomic mass is 10.0. The highest BCUT2D eigenvalue weighted by Crippen LogP contribution is 2.14. The number of hydrogen-bond acceptors (Lipinski definition) is 2. The van der Waals surface area contributed by atoms with E-state index < -0.39 is 11.9 Å². The quantitative estimate of drug-likeness (QED) is 0.810. The summed E-state index contributed by atoms with van der Waals surface area (Å²) >= 11 is 0. The van der Waals surface area contributed by atoms with E-state index in [9.17, 15) is 9.59 Å². The molecular weight excluding hydrogens is 230 g/mol. The molecule has 1 amide bonds. The molecule has 0 aromatic heterocycles. The number of amides is 1. The summed E-state index contributed by atoms with van der Waals surface area (Å²) in [5, 5.41) is 11.5. The smallest absolute Gasteiger partial charge is 0.306 e. The van der Waals surface area contributed by atoms with Crippen LogP contribution in [0.5, 0.6) is 0 Å². The molecule has 2 unspecified atom stereocenters. The van der Waals surface area contributed by atoms with Gasteiger partial charge in [-0.05, 0) is 18.9 Å². The fourth-order valence-corrected chi connectivity index (χ4v) is 1.58. The molecular formula is C14H19NO3. The molecule has 0 aliphatic heterocycles. The molecule has 0 aliphatic rings. The zero-order valence-corrected chi connectivity index (χ0v) is 10.7. The number of carboxylic acid groups (broad SMARTS) is 1. The number of rotatable bonds is 6. The molecule has 0 aliphatic carbocycles. The Balaban J connectivity index is 2.40. The third-order valence-corrected chi connectivity index (χ3v) is 2.99. The van der Waals surface area contributed by atoms with Crippen molar-refractivity contribution in [1.82, 2.24) is 5.32 Å². The van der Waals surface area contributed by atoms with Crippen molar-refractivity contribution in [3.63, 3.8) is 0 Å². The second-order valence-electron chi connectivity index (χ2n) is 4.45. The van der Waals surface area contributed by atoms with Crippen LogP contribution in [0.25, 0.3) is 0 Å². The van der Waals surface area contributed by atoms with E-state index in [1.807, 2.05) is 37.3 Å². The van der Waals surface area contributed by atoms with Crippen LogP contribution in [0.15, 0.2) is 30.3 Å². The Morgan fingerprint density at radius 2 is 1.83 bits per heavy atom. The third-order valence-electron chi connectivity index (χ3n) is 2.99. The third kappa shape index (κ3) is 4.20. The minimum atomic E-state index is -0.833. The number of carbonyl (C=O) groups is 2. The summed E-state index contributed by atoms with van der Waals surface area (Å²) in [6, 6.07) is 9.51. The Morgan fingerprint density at radius 3 is 2.39 bits per heavy atom. The van der Waals surface area contributed by atoms with Crippen LogP contribution in [0.2, 0.25) is 0 Å². The average molecular weight is 249 g/mol. The van der Waals surface area contributed by atoms with Crippen molar-refractivity contribution in [3.8, 4) is 0 Å². The molecule has 4 heteroatoms. The van der Waals surface area contributed by atoms with Crippen LogP contribution in [-0.2, 0) is 9.59 Å². The zero-order valence-electron chi connectivity index (χ0n) is 10.7. The maximum atomic E-state index is 11.8. The normalized spacial score (nSPS) is 13.7. The first-order valence-corrected chi connectivity index (χ1v) is 6.08. The highest BCUT2D eigenvalue weighted by molar-refractivity contribution is 5.83. The summed E-state index contributed by atoms with van der Waals surface area (Å²) in [7, 11) is 0. The lowest BCUT2D eigenvalue weighted by Crippen LogP contribution is -2.30. The minimum absolute atomic E-state index is 0.0706. The van der Waals surface area contributed by atoms with Crippen molar-refractivity contribution in [1.29, 1.82) is 0 Å². The molecule has 0 saturated carbocycles. The first kappa shape index (κ1) is 14.2. The molecule has 1 aromatic carbocycles. The molecule has 2 N–H and O–H groups in total. The number of aliphatic carboxylic acids is 1. The summed E-state index contributed by atoms with van der Waals surface area (Å²) in [5.41, 5.74) is 0.960. The van der Waals surface area contributed by atoms with E-state index in [1.165, 1.54) is 0 Å². The van der Waals surface area contributed by atoms with E-state index in [2.05, 4.69) is 5.32 Å². The molecule has 98 valence electrons. The molecule has 1 aromatic rings. The SMILES string of the molecule is CC(CCNC(=O)C(C)c1ccccc1)C(=O)O. The lowest BCUT2D eigenvalue weighted by Gasteiger charge is -2.13. The van der Waals surface area contributed by atoms with Gasteiger partial charge < -0.3 is 10.4 Å². The molecule has 4 nitrogen and oxygen atoms in total. The van der Waals surface area contributed by atoms with Gasteiger partial charge in [0.15, 0.2) is 0 Å². The zero-order chi connectivity index (χ0) is 13.5. The Bertz CT molecular complexity index is 403. The largest absolute Gasteiger partial charge is 0.481 e. The Kier molecular flexibility index (Phi) is 5.36. The standard InChI is InChI=1S/C14H19NO3/c1-10(14(17)18)8-9-15-13(16)11(2)12-6-4-3-5-7-12/h3-7,10-11H,8-9H2,1-2H3,(H,15,16)(H,17,18). The highest BCUT2D eigenvalue weighted by atomic mass is 16.4. The van der Waals surface area contributed by atoms with Crippen LogP contribution in [0.1, 0.15) is 31.7 Å². The fourth-order valence-electron chi connectivity index (χ4n) is 1.58. The minimum Gasteiger partial charge on any atom is -0.481 e. The summed E-state index contributed by atoms with van der Waals surface area (Å²) < 4.78 is 0. The number of carboxylic acids is 1. The van der Waals surface area contributed by atoms with Gasteiger partial charge in [0.25, 0.3) is 0 Å². The van der Waals surface area contributed by atoms with Gasteiger partial charge in [-0.3, -0.25) is 9.59 Å². The van der Waals surface area contributed by atoms with E-state index in [4.69, 9.17) is 5.11 Å². The van der Waals surface area contributed by atoms with Crippen molar-refractivity contribution in [3.05, 3.63) is 35.9 Å². The molecule has 0 bridgehead atoms. The van der Waals surface area contributed by atoms with Gasteiger partial charge >= 0.3 is 5.97 Å². The first-order chi connectivity index (χ1) is 8.52. The highest BCUT2D eigenvalue weighted by Gasteiger charge is 2.15. The second kappa shape index (κ2) is 6.79. The molecule has 0 heterocycles. The van der Waals surface area contributed by atoms with E-state index in [1.54, 1.807) is 6.92 Å². The van der Waals surface area contributed by atoms with Crippen LogP contribution in [0.3, 0.4) is 0 Å². The molecule has 18 heavy (non-hydrogen) atoms. The lowest BCUT2D eigenvalue weighted by molar-refractivity contribution is -0.141. The predicted molar refractivity (Wildman–Crippen MR) is 69.3 cm³/mol. The molecule has 2 atom stereocenters. The van der Waals surface area contributed by atoms with Crippen molar-refractivity contribution in [2.75, 3.05) is 6.54 Å². The summed E-state index contributed by atoms with van der Waals surface area (Å²) in [6.07, 6.45) is 0.447. The first-order valence-electron chi connectivity index (χ1n) is 6.08. The van der Waals surface area contributed by atoms with Gasteiger partial charge in [-0.25, -0.2) is 0 Å². The van der Waals surface area contributed by atoms with Gasteiger partial charge in [0.1, 0.15) is 0 Å². The summed E-state index contributed by atoms with van der Waals surface area (Å²) in [4.78, 5) is 22.5. The van der Waals surface area contributed by atoms with Gasteiger partial charge in [0, 0.05) is 6.54 Å². The van der Waals surface area contributed by atoms with E-state index >= 15 is 0 Å². The number of nitrogens with one attached hydrogen (secondary N) is 1. The van der Waals surface area contributed by atoms with Crippen molar-refractivity contribution in [2.45, 2.75) is 26.2 Å². The fraction of sp³-hybridized carbons (Fsp3) is 0.429. The Hall–Kier alpha value is -1.84.